The van der Waals surface area contributed by atoms with Gasteiger partial charge in [-0.3, -0.25) is 0 Å². The average Bonchev–Trinajstić information content (AvgIpc) is 1.99. The van der Waals surface area contributed by atoms with E-state index in [0.717, 1.165) is 16.5 Å². The van der Waals surface area contributed by atoms with Crippen LogP contribution < -0.4 is 0 Å². The summed E-state index contributed by atoms with van der Waals surface area (Å²) in [6.07, 6.45) is 0. The summed E-state index contributed by atoms with van der Waals surface area (Å²) in [4.78, 5) is 8.49. The van der Waals surface area contributed by atoms with Crippen molar-refractivity contribution in [3.05, 3.63) is 17.5 Å². The fraction of sp³-hybridized carbons (Fsp3) is 0.500. The van der Waals surface area contributed by atoms with Crippen LogP contribution in [0.25, 0.3) is 0 Å². The molecular formula is C8H12N2OS. The van der Waals surface area contributed by atoms with Crippen molar-refractivity contribution in [1.82, 2.24) is 9.97 Å². The van der Waals surface area contributed by atoms with E-state index in [2.05, 4.69) is 9.97 Å². The van der Waals surface area contributed by atoms with Gasteiger partial charge in [0.05, 0.1) is 5.94 Å². The van der Waals surface area contributed by atoms with Crippen LogP contribution in [-0.2, 0) is 4.74 Å². The lowest BCUT2D eigenvalue weighted by Gasteiger charge is -2.00. The highest BCUT2D eigenvalue weighted by Gasteiger charge is 1.98. The van der Waals surface area contributed by atoms with Gasteiger partial charge in [0.2, 0.25) is 0 Å². The maximum absolute atomic E-state index is 4.91. The topological polar surface area (TPSA) is 35.0 Å². The number of nitrogens with zero attached hydrogens (tertiary/aromatic N) is 2. The van der Waals surface area contributed by atoms with E-state index in [-0.39, 0.29) is 0 Å². The predicted molar refractivity (Wildman–Crippen MR) is 49.2 cm³/mol. The fourth-order valence-electron chi connectivity index (χ4n) is 0.870. The van der Waals surface area contributed by atoms with Gasteiger partial charge in [-0.2, -0.15) is 0 Å². The molecule has 0 fully saturated rings. The lowest BCUT2D eigenvalue weighted by atomic mass is 10.4. The molecule has 0 N–H and O–H groups in total. The van der Waals surface area contributed by atoms with E-state index >= 15 is 0 Å². The van der Waals surface area contributed by atoms with E-state index in [1.165, 1.54) is 11.8 Å². The summed E-state index contributed by atoms with van der Waals surface area (Å²) < 4.78 is 4.91. The Balaban J connectivity index is 2.72. The molecule has 1 aromatic heterocycles. The van der Waals surface area contributed by atoms with E-state index in [1.807, 2.05) is 19.9 Å². The Kier molecular flexibility index (Phi) is 3.49. The van der Waals surface area contributed by atoms with E-state index in [0.29, 0.717) is 5.94 Å². The minimum absolute atomic E-state index is 0.600. The number of hydrogen-bond acceptors (Lipinski definition) is 4. The zero-order chi connectivity index (χ0) is 8.97. The smallest absolute Gasteiger partial charge is 0.190 e. The Morgan fingerprint density at radius 2 is 1.92 bits per heavy atom. The second-order valence-electron chi connectivity index (χ2n) is 2.48. The Hall–Kier alpha value is -0.610. The van der Waals surface area contributed by atoms with Gasteiger partial charge in [-0.1, -0.05) is 11.8 Å². The number of aromatic nitrogens is 2. The van der Waals surface area contributed by atoms with Crippen molar-refractivity contribution >= 4 is 11.8 Å². The van der Waals surface area contributed by atoms with Gasteiger partial charge in [0.1, 0.15) is 0 Å². The molecule has 0 unspecified atom stereocenters. The maximum atomic E-state index is 4.91. The molecule has 0 saturated carbocycles. The summed E-state index contributed by atoms with van der Waals surface area (Å²) in [5, 5.41) is 0.786. The lowest BCUT2D eigenvalue weighted by Crippen LogP contribution is -1.93. The molecule has 0 saturated heterocycles. The van der Waals surface area contributed by atoms with Crippen molar-refractivity contribution in [2.24, 2.45) is 0 Å². The standard InChI is InChI=1S/C8H12N2OS/c1-6-4-7(2)10-8(9-6)12-5-11-3/h4H,5H2,1-3H3. The van der Waals surface area contributed by atoms with Crippen LogP contribution >= 0.6 is 11.8 Å². The Labute approximate surface area is 76.6 Å². The van der Waals surface area contributed by atoms with E-state index < -0.39 is 0 Å². The molecule has 0 aliphatic heterocycles. The van der Waals surface area contributed by atoms with Crippen LogP contribution in [0.15, 0.2) is 11.2 Å². The third-order valence-electron chi connectivity index (χ3n) is 1.27. The van der Waals surface area contributed by atoms with Crippen LogP contribution in [0.1, 0.15) is 11.4 Å². The largest absolute Gasteiger partial charge is 0.374 e. The molecule has 12 heavy (non-hydrogen) atoms. The molecule has 0 bridgehead atoms. The molecule has 1 heterocycles. The van der Waals surface area contributed by atoms with Gasteiger partial charge in [0.25, 0.3) is 0 Å². The minimum Gasteiger partial charge on any atom is -0.374 e. The summed E-state index contributed by atoms with van der Waals surface area (Å²) in [5.41, 5.74) is 2.00. The molecule has 0 amide bonds. The summed E-state index contributed by atoms with van der Waals surface area (Å²) in [5.74, 6) is 0.600. The predicted octanol–water partition coefficient (Wildman–Crippen LogP) is 1.79. The van der Waals surface area contributed by atoms with E-state index in [4.69, 9.17) is 4.74 Å². The van der Waals surface area contributed by atoms with Gasteiger partial charge in [0, 0.05) is 18.5 Å². The lowest BCUT2D eigenvalue weighted by molar-refractivity contribution is 0.258. The zero-order valence-corrected chi connectivity index (χ0v) is 8.31. The maximum Gasteiger partial charge on any atom is 0.190 e. The Morgan fingerprint density at radius 3 is 2.42 bits per heavy atom. The third kappa shape index (κ3) is 2.79. The Bertz CT molecular complexity index is 245. The first-order chi connectivity index (χ1) is 5.72. The highest BCUT2D eigenvalue weighted by molar-refractivity contribution is 7.99. The number of ether oxygens (including phenoxy) is 1. The summed E-state index contributed by atoms with van der Waals surface area (Å²) in [6.45, 7) is 3.93. The van der Waals surface area contributed by atoms with Crippen LogP contribution in [0.2, 0.25) is 0 Å². The monoisotopic (exact) mass is 184 g/mol. The SMILES string of the molecule is COCSc1nc(C)cc(C)n1. The van der Waals surface area contributed by atoms with Crippen molar-refractivity contribution in [3.8, 4) is 0 Å². The van der Waals surface area contributed by atoms with Crippen LogP contribution in [-0.4, -0.2) is 23.0 Å². The quantitative estimate of drug-likeness (QED) is 0.407. The number of aryl methyl sites for hydroxylation is 2. The van der Waals surface area contributed by atoms with Crippen molar-refractivity contribution < 1.29 is 4.74 Å². The van der Waals surface area contributed by atoms with Gasteiger partial charge in [-0.05, 0) is 19.9 Å². The van der Waals surface area contributed by atoms with Crippen LogP contribution in [0, 0.1) is 13.8 Å². The molecule has 4 heteroatoms. The second kappa shape index (κ2) is 4.42. The van der Waals surface area contributed by atoms with Crippen molar-refractivity contribution in [1.29, 1.82) is 0 Å². The molecule has 1 aromatic rings. The Morgan fingerprint density at radius 1 is 1.33 bits per heavy atom. The number of thioether (sulfide) groups is 1. The first-order valence-electron chi connectivity index (χ1n) is 3.66. The van der Waals surface area contributed by atoms with Gasteiger partial charge >= 0.3 is 0 Å². The molecule has 0 aliphatic rings. The molecule has 0 aromatic carbocycles. The first-order valence-corrected chi connectivity index (χ1v) is 4.65. The summed E-state index contributed by atoms with van der Waals surface area (Å²) in [6, 6.07) is 1.96. The van der Waals surface area contributed by atoms with Gasteiger partial charge in [-0.15, -0.1) is 0 Å². The fourth-order valence-corrected chi connectivity index (χ4v) is 1.51. The zero-order valence-electron chi connectivity index (χ0n) is 7.50. The van der Waals surface area contributed by atoms with Crippen LogP contribution in [0.5, 0.6) is 0 Å². The molecule has 0 spiro atoms. The molecule has 0 atom stereocenters. The number of rotatable bonds is 3. The second-order valence-corrected chi connectivity index (χ2v) is 3.37. The summed E-state index contributed by atoms with van der Waals surface area (Å²) >= 11 is 1.50. The molecule has 3 nitrogen and oxygen atoms in total. The van der Waals surface area contributed by atoms with Gasteiger partial charge in [-0.25, -0.2) is 9.97 Å². The van der Waals surface area contributed by atoms with Gasteiger partial charge < -0.3 is 4.74 Å². The minimum atomic E-state index is 0.600. The molecule has 1 rings (SSSR count). The van der Waals surface area contributed by atoms with Crippen molar-refractivity contribution in [2.75, 3.05) is 13.0 Å². The van der Waals surface area contributed by atoms with Gasteiger partial charge in [0.15, 0.2) is 5.16 Å². The highest BCUT2D eigenvalue weighted by atomic mass is 32.2. The molecule has 0 aliphatic carbocycles. The summed E-state index contributed by atoms with van der Waals surface area (Å²) in [7, 11) is 1.66. The third-order valence-corrected chi connectivity index (χ3v) is 2.06. The van der Waals surface area contributed by atoms with Crippen molar-refractivity contribution in [3.63, 3.8) is 0 Å². The van der Waals surface area contributed by atoms with Crippen LogP contribution in [0.3, 0.4) is 0 Å². The van der Waals surface area contributed by atoms with E-state index in [9.17, 15) is 0 Å². The molecule has 66 valence electrons. The first kappa shape index (κ1) is 9.48. The molecular weight excluding hydrogens is 172 g/mol. The highest BCUT2D eigenvalue weighted by Crippen LogP contribution is 2.13. The number of hydrogen-bond donors (Lipinski definition) is 0. The normalized spacial score (nSPS) is 10.2. The average molecular weight is 184 g/mol. The number of methoxy groups -OCH3 is 1. The van der Waals surface area contributed by atoms with Crippen molar-refractivity contribution in [2.45, 2.75) is 19.0 Å². The van der Waals surface area contributed by atoms with E-state index in [1.54, 1.807) is 7.11 Å². The van der Waals surface area contributed by atoms with Crippen LogP contribution in [0.4, 0.5) is 0 Å². The molecule has 0 radical (unpaired) electrons.